The van der Waals surface area contributed by atoms with Gasteiger partial charge >= 0.3 is 6.18 Å². The Labute approximate surface area is 189 Å². The van der Waals surface area contributed by atoms with Gasteiger partial charge in [-0.05, 0) is 29.8 Å². The number of nitrogens with one attached hydrogen (secondary N) is 1. The van der Waals surface area contributed by atoms with Gasteiger partial charge in [-0.25, -0.2) is 0 Å². The summed E-state index contributed by atoms with van der Waals surface area (Å²) < 4.78 is 41.7. The molecule has 2 aromatic carbocycles. The van der Waals surface area contributed by atoms with Crippen molar-refractivity contribution in [1.29, 1.82) is 0 Å². The molecule has 0 radical (unpaired) electrons. The minimum Gasteiger partial charge on any atom is -0.351 e. The molecule has 0 atom stereocenters. The van der Waals surface area contributed by atoms with E-state index in [1.807, 2.05) is 0 Å². The molecule has 0 bridgehead atoms. The highest BCUT2D eigenvalue weighted by Gasteiger charge is 2.30. The van der Waals surface area contributed by atoms with E-state index in [1.165, 1.54) is 16.7 Å². The molecular weight excluding hydrogens is 455 g/mol. The number of para-hydroxylation sites is 1. The molecule has 0 aliphatic rings. The lowest BCUT2D eigenvalue weighted by Crippen LogP contribution is -2.25. The maximum Gasteiger partial charge on any atom is 0.416 e. The predicted molar refractivity (Wildman–Crippen MR) is 119 cm³/mol. The number of carbonyl (C=O) groups is 1. The topological polar surface area (TPSA) is 81.3 Å². The number of fused-ring (bicyclic) bond motifs is 3. The Morgan fingerprint density at radius 3 is 2.70 bits per heavy atom. The SMILES string of the molecule is C=CCn1c(=O)c2ccccc2n2c(SCC(=O)NCc3cccc(C(F)(F)F)c3)nnc12. The van der Waals surface area contributed by atoms with E-state index in [2.05, 4.69) is 22.1 Å². The van der Waals surface area contributed by atoms with E-state index in [4.69, 9.17) is 0 Å². The summed E-state index contributed by atoms with van der Waals surface area (Å²) in [5.41, 5.74) is -0.0398. The molecule has 0 unspecified atom stereocenters. The molecule has 0 aliphatic carbocycles. The Bertz CT molecular complexity index is 1410. The first kappa shape index (κ1) is 22.6. The van der Waals surface area contributed by atoms with Crippen LogP contribution < -0.4 is 10.9 Å². The quantitative estimate of drug-likeness (QED) is 0.327. The highest BCUT2D eigenvalue weighted by Crippen LogP contribution is 2.29. The van der Waals surface area contributed by atoms with Gasteiger partial charge in [0.25, 0.3) is 5.56 Å². The molecule has 7 nitrogen and oxygen atoms in total. The van der Waals surface area contributed by atoms with Crippen LogP contribution in [0.3, 0.4) is 0 Å². The molecule has 1 amide bonds. The van der Waals surface area contributed by atoms with Gasteiger partial charge < -0.3 is 5.32 Å². The first-order valence-electron chi connectivity index (χ1n) is 9.83. The second-order valence-corrected chi connectivity index (χ2v) is 8.05. The van der Waals surface area contributed by atoms with Crippen LogP contribution in [0.15, 0.2) is 71.1 Å². The van der Waals surface area contributed by atoms with Gasteiger partial charge in [-0.2, -0.15) is 13.2 Å². The second-order valence-electron chi connectivity index (χ2n) is 7.10. The third-order valence-corrected chi connectivity index (χ3v) is 5.80. The number of benzene rings is 2. The molecule has 170 valence electrons. The fraction of sp³-hybridized carbons (Fsp3) is 0.182. The number of rotatable bonds is 7. The van der Waals surface area contributed by atoms with Crippen molar-refractivity contribution in [3.05, 3.63) is 82.7 Å². The van der Waals surface area contributed by atoms with Crippen molar-refractivity contribution in [3.8, 4) is 0 Å². The number of nitrogens with zero attached hydrogens (tertiary/aromatic N) is 4. The Morgan fingerprint density at radius 1 is 1.15 bits per heavy atom. The smallest absolute Gasteiger partial charge is 0.351 e. The number of hydrogen-bond acceptors (Lipinski definition) is 5. The van der Waals surface area contributed by atoms with Crippen LogP contribution >= 0.6 is 11.8 Å². The van der Waals surface area contributed by atoms with Crippen LogP contribution in [0, 0.1) is 0 Å². The van der Waals surface area contributed by atoms with Gasteiger partial charge in [0.15, 0.2) is 5.16 Å². The molecule has 0 saturated carbocycles. The van der Waals surface area contributed by atoms with E-state index in [0.29, 0.717) is 27.4 Å². The van der Waals surface area contributed by atoms with Gasteiger partial charge in [-0.3, -0.25) is 18.6 Å². The van der Waals surface area contributed by atoms with Crippen LogP contribution in [0.4, 0.5) is 13.2 Å². The van der Waals surface area contributed by atoms with Gasteiger partial charge in [0, 0.05) is 13.1 Å². The fourth-order valence-corrected chi connectivity index (χ4v) is 4.13. The molecule has 1 N–H and O–H groups in total. The number of hydrogen-bond donors (Lipinski definition) is 1. The molecule has 0 spiro atoms. The molecule has 4 aromatic rings. The van der Waals surface area contributed by atoms with E-state index in [-0.39, 0.29) is 30.3 Å². The maximum atomic E-state index is 12.9. The zero-order valence-electron chi connectivity index (χ0n) is 17.2. The molecule has 2 heterocycles. The minimum absolute atomic E-state index is 0.0331. The van der Waals surface area contributed by atoms with Crippen LogP contribution in [0.1, 0.15) is 11.1 Å². The molecular formula is C22H18F3N5O2S. The molecule has 33 heavy (non-hydrogen) atoms. The number of amides is 1. The zero-order chi connectivity index (χ0) is 23.6. The lowest BCUT2D eigenvalue weighted by Gasteiger charge is -2.10. The molecule has 0 aliphatic heterocycles. The highest BCUT2D eigenvalue weighted by atomic mass is 32.2. The molecule has 2 aromatic heterocycles. The normalized spacial score (nSPS) is 11.7. The third-order valence-electron chi connectivity index (χ3n) is 4.87. The zero-order valence-corrected chi connectivity index (χ0v) is 18.0. The van der Waals surface area contributed by atoms with E-state index in [1.54, 1.807) is 34.7 Å². The van der Waals surface area contributed by atoms with Gasteiger partial charge in [0.05, 0.1) is 22.2 Å². The first-order valence-corrected chi connectivity index (χ1v) is 10.8. The van der Waals surface area contributed by atoms with Gasteiger partial charge in [-0.15, -0.1) is 16.8 Å². The second kappa shape index (κ2) is 9.10. The summed E-state index contributed by atoms with van der Waals surface area (Å²) in [6.07, 6.45) is -2.86. The van der Waals surface area contributed by atoms with Gasteiger partial charge in [0.1, 0.15) is 0 Å². The van der Waals surface area contributed by atoms with E-state index < -0.39 is 11.7 Å². The average Bonchev–Trinajstić information content (AvgIpc) is 3.22. The Balaban J connectivity index is 1.53. The predicted octanol–water partition coefficient (Wildman–Crippen LogP) is 3.66. The number of alkyl halides is 3. The molecule has 0 saturated heterocycles. The van der Waals surface area contributed by atoms with E-state index in [9.17, 15) is 22.8 Å². The van der Waals surface area contributed by atoms with Gasteiger partial charge in [-0.1, -0.05) is 42.1 Å². The standard InChI is InChI=1S/C22H18F3N5O2S/c1-2-10-29-19(32)16-8-3-4-9-17(16)30-20(29)27-28-21(30)33-13-18(31)26-12-14-6-5-7-15(11-14)22(23,24)25/h2-9,11H,1,10,12-13H2,(H,26,31). The summed E-state index contributed by atoms with van der Waals surface area (Å²) >= 11 is 1.11. The van der Waals surface area contributed by atoms with Crippen LogP contribution in [0.5, 0.6) is 0 Å². The summed E-state index contributed by atoms with van der Waals surface area (Å²) in [5.74, 6) is -0.0855. The van der Waals surface area contributed by atoms with Crippen molar-refractivity contribution >= 4 is 34.3 Å². The van der Waals surface area contributed by atoms with Crippen molar-refractivity contribution in [2.45, 2.75) is 24.4 Å². The number of aromatic nitrogens is 4. The summed E-state index contributed by atoms with van der Waals surface area (Å²) in [6, 6.07) is 11.8. The molecule has 11 heteroatoms. The Morgan fingerprint density at radius 2 is 1.94 bits per heavy atom. The fourth-order valence-electron chi connectivity index (χ4n) is 3.36. The van der Waals surface area contributed by atoms with Gasteiger partial charge in [0.2, 0.25) is 11.7 Å². The Hall–Kier alpha value is -3.60. The lowest BCUT2D eigenvalue weighted by molar-refractivity contribution is -0.137. The number of halogens is 3. The van der Waals surface area contributed by atoms with E-state index in [0.717, 1.165) is 23.9 Å². The number of thioether (sulfide) groups is 1. The summed E-state index contributed by atoms with van der Waals surface area (Å²) in [5, 5.41) is 11.8. The van der Waals surface area contributed by atoms with Crippen LogP contribution in [0.2, 0.25) is 0 Å². The average molecular weight is 473 g/mol. The Kier molecular flexibility index (Phi) is 6.23. The largest absolute Gasteiger partial charge is 0.416 e. The maximum absolute atomic E-state index is 12.9. The van der Waals surface area contributed by atoms with Crippen molar-refractivity contribution in [1.82, 2.24) is 24.5 Å². The summed E-state index contributed by atoms with van der Waals surface area (Å²) in [6.45, 7) is 3.88. The molecule has 0 fully saturated rings. The van der Waals surface area contributed by atoms with Crippen LogP contribution in [0.25, 0.3) is 16.7 Å². The highest BCUT2D eigenvalue weighted by molar-refractivity contribution is 7.99. The number of allylic oxidation sites excluding steroid dienone is 1. The van der Waals surface area contributed by atoms with E-state index >= 15 is 0 Å². The summed E-state index contributed by atoms with van der Waals surface area (Å²) in [7, 11) is 0. The van der Waals surface area contributed by atoms with Crippen LogP contribution in [-0.2, 0) is 24.1 Å². The van der Waals surface area contributed by atoms with Crippen molar-refractivity contribution in [3.63, 3.8) is 0 Å². The lowest BCUT2D eigenvalue weighted by atomic mass is 10.1. The molecule has 4 rings (SSSR count). The minimum atomic E-state index is -4.44. The van der Waals surface area contributed by atoms with Crippen LogP contribution in [-0.4, -0.2) is 30.8 Å². The third kappa shape index (κ3) is 4.63. The van der Waals surface area contributed by atoms with Crippen molar-refractivity contribution in [2.75, 3.05) is 5.75 Å². The van der Waals surface area contributed by atoms with Crippen molar-refractivity contribution < 1.29 is 18.0 Å². The summed E-state index contributed by atoms with van der Waals surface area (Å²) in [4.78, 5) is 25.1. The number of carbonyl (C=O) groups excluding carboxylic acids is 1. The first-order chi connectivity index (χ1) is 15.8. The monoisotopic (exact) mass is 473 g/mol. The van der Waals surface area contributed by atoms with Crippen molar-refractivity contribution in [2.24, 2.45) is 0 Å².